The second-order valence-electron chi connectivity index (χ2n) is 8.61. The summed E-state index contributed by atoms with van der Waals surface area (Å²) in [7, 11) is 1.64. The van der Waals surface area contributed by atoms with Gasteiger partial charge in [0.15, 0.2) is 11.3 Å². The Morgan fingerprint density at radius 1 is 0.919 bits per heavy atom. The van der Waals surface area contributed by atoms with Crippen LogP contribution in [0.25, 0.3) is 33.2 Å². The number of methoxy groups -OCH3 is 1. The molecule has 0 aliphatic carbocycles. The number of benzene rings is 2. The third-order valence-corrected chi connectivity index (χ3v) is 6.31. The van der Waals surface area contributed by atoms with Crippen LogP contribution in [0.4, 0.5) is 0 Å². The van der Waals surface area contributed by atoms with E-state index in [-0.39, 0.29) is 5.56 Å². The highest BCUT2D eigenvalue weighted by Crippen LogP contribution is 2.25. The number of pyridine rings is 1. The van der Waals surface area contributed by atoms with Crippen molar-refractivity contribution in [2.45, 2.75) is 19.9 Å². The van der Waals surface area contributed by atoms with Gasteiger partial charge in [-0.2, -0.15) is 9.78 Å². The Morgan fingerprint density at radius 3 is 2.41 bits per heavy atom. The van der Waals surface area contributed by atoms with Gasteiger partial charge in [-0.1, -0.05) is 30.3 Å². The van der Waals surface area contributed by atoms with Gasteiger partial charge in [-0.15, -0.1) is 0 Å². The van der Waals surface area contributed by atoms with Crippen LogP contribution >= 0.6 is 0 Å². The fourth-order valence-corrected chi connectivity index (χ4v) is 4.39. The Hall–Kier alpha value is -4.92. The van der Waals surface area contributed by atoms with E-state index in [0.29, 0.717) is 57.7 Å². The van der Waals surface area contributed by atoms with Crippen LogP contribution in [-0.4, -0.2) is 42.5 Å². The fraction of sp³-hybridized carbons (Fsp3) is 0.143. The van der Waals surface area contributed by atoms with E-state index in [1.165, 1.54) is 0 Å². The first-order valence-electron chi connectivity index (χ1n) is 11.9. The number of para-hydroxylation sites is 2. The Balaban J connectivity index is 1.52. The highest BCUT2D eigenvalue weighted by atomic mass is 16.5. The summed E-state index contributed by atoms with van der Waals surface area (Å²) in [6, 6.07) is 21.0. The van der Waals surface area contributed by atoms with Crippen LogP contribution in [0.5, 0.6) is 5.75 Å². The van der Waals surface area contributed by atoms with E-state index >= 15 is 0 Å². The quantitative estimate of drug-likeness (QED) is 0.326. The van der Waals surface area contributed by atoms with Crippen LogP contribution < -0.4 is 10.3 Å². The van der Waals surface area contributed by atoms with Gasteiger partial charge in [0.05, 0.1) is 30.1 Å². The predicted molar refractivity (Wildman–Crippen MR) is 143 cm³/mol. The molecule has 0 saturated heterocycles. The number of rotatable bonds is 6. The summed E-state index contributed by atoms with van der Waals surface area (Å²) in [6.45, 7) is 2.31. The van der Waals surface area contributed by atoms with Crippen LogP contribution in [0, 0.1) is 6.92 Å². The maximum absolute atomic E-state index is 13.9. The van der Waals surface area contributed by atoms with Crippen molar-refractivity contribution in [3.8, 4) is 5.75 Å². The molecule has 0 N–H and O–H groups in total. The average Bonchev–Trinajstić information content (AvgIpc) is 3.23. The molecule has 4 heterocycles. The zero-order valence-electron chi connectivity index (χ0n) is 20.4. The molecule has 4 aromatic heterocycles. The second-order valence-corrected chi connectivity index (χ2v) is 8.61. The van der Waals surface area contributed by atoms with E-state index in [0.717, 1.165) is 11.3 Å². The van der Waals surface area contributed by atoms with Crippen molar-refractivity contribution in [3.63, 3.8) is 0 Å². The highest BCUT2D eigenvalue weighted by Gasteiger charge is 2.21. The maximum Gasteiger partial charge on any atom is 0.265 e. The van der Waals surface area contributed by atoms with Crippen LogP contribution in [0.1, 0.15) is 17.1 Å². The lowest BCUT2D eigenvalue weighted by molar-refractivity contribution is 0.414. The molecular weight excluding hydrogens is 466 g/mol. The number of ether oxygens (including phenoxy) is 1. The van der Waals surface area contributed by atoms with Crippen molar-refractivity contribution in [1.82, 2.24) is 29.2 Å². The monoisotopic (exact) mass is 489 g/mol. The van der Waals surface area contributed by atoms with Crippen molar-refractivity contribution >= 4 is 39.4 Å². The molecule has 9 heteroatoms. The van der Waals surface area contributed by atoms with Crippen molar-refractivity contribution < 1.29 is 4.74 Å². The van der Waals surface area contributed by atoms with Gasteiger partial charge < -0.3 is 4.74 Å². The van der Waals surface area contributed by atoms with Crippen molar-refractivity contribution in [3.05, 3.63) is 100 Å². The molecule has 6 rings (SSSR count). The van der Waals surface area contributed by atoms with Gasteiger partial charge in [0.1, 0.15) is 22.5 Å². The maximum atomic E-state index is 13.9. The Kier molecular flexibility index (Phi) is 5.65. The molecule has 37 heavy (non-hydrogen) atoms. The number of nitrogens with zero attached hydrogens (tertiary/aromatic N) is 7. The third kappa shape index (κ3) is 4.10. The zero-order valence-corrected chi connectivity index (χ0v) is 20.4. The van der Waals surface area contributed by atoms with Gasteiger partial charge in [-0.05, 0) is 55.3 Å². The summed E-state index contributed by atoms with van der Waals surface area (Å²) in [4.78, 5) is 32.6. The van der Waals surface area contributed by atoms with E-state index < -0.39 is 0 Å². The Morgan fingerprint density at radius 2 is 1.68 bits per heavy atom. The minimum Gasteiger partial charge on any atom is -0.497 e. The van der Waals surface area contributed by atoms with E-state index in [1.807, 2.05) is 73.7 Å². The number of aromatic nitrogens is 6. The molecule has 0 saturated carbocycles. The molecule has 0 unspecified atom stereocenters. The largest absolute Gasteiger partial charge is 0.497 e. The minimum atomic E-state index is -0.169. The smallest absolute Gasteiger partial charge is 0.265 e. The molecule has 0 atom stereocenters. The molecule has 0 amide bonds. The van der Waals surface area contributed by atoms with Gasteiger partial charge >= 0.3 is 0 Å². The van der Waals surface area contributed by atoms with E-state index in [1.54, 1.807) is 28.8 Å². The molecule has 0 fully saturated rings. The van der Waals surface area contributed by atoms with Gasteiger partial charge in [0, 0.05) is 12.7 Å². The molecular formula is C28H23N7O2. The zero-order chi connectivity index (χ0) is 25.4. The van der Waals surface area contributed by atoms with Crippen LogP contribution in [0.2, 0.25) is 0 Å². The molecule has 0 aliphatic rings. The van der Waals surface area contributed by atoms with Crippen LogP contribution in [-0.2, 0) is 13.0 Å². The average molecular weight is 490 g/mol. The lowest BCUT2D eigenvalue weighted by atomic mass is 10.1. The molecule has 182 valence electrons. The van der Waals surface area contributed by atoms with E-state index in [9.17, 15) is 4.79 Å². The third-order valence-electron chi connectivity index (χ3n) is 6.31. The Labute approximate surface area is 211 Å². The molecule has 0 spiro atoms. The molecule has 0 aliphatic heterocycles. The number of hydrogen-bond acceptors (Lipinski definition) is 7. The summed E-state index contributed by atoms with van der Waals surface area (Å²) >= 11 is 0. The summed E-state index contributed by atoms with van der Waals surface area (Å²) in [5, 5.41) is 5.02. The highest BCUT2D eigenvalue weighted by molar-refractivity contribution is 6.04. The molecule has 6 aromatic rings. The van der Waals surface area contributed by atoms with Crippen molar-refractivity contribution in [2.75, 3.05) is 7.11 Å². The topological polar surface area (TPSA) is 100 Å². The molecule has 2 aromatic carbocycles. The summed E-state index contributed by atoms with van der Waals surface area (Å²) in [5.74, 6) is 1.39. The lowest BCUT2D eigenvalue weighted by Crippen LogP contribution is -2.25. The number of hydrogen-bond donors (Lipinski definition) is 0. The fourth-order valence-electron chi connectivity index (χ4n) is 4.39. The van der Waals surface area contributed by atoms with Gasteiger partial charge in [-0.25, -0.2) is 15.0 Å². The number of fused-ring (bicyclic) bond motifs is 4. The standard InChI is InChI=1S/C28H23N7O2/c1-18-31-26-24(28(36)34(18)16-14-19-10-12-21(37-2)13-11-19)25-27(33-23-9-4-3-8-22(23)32-25)35(26)30-17-20-7-5-6-15-29-20/h3-13,15,17H,14,16H2,1-2H3/b30-17+. The summed E-state index contributed by atoms with van der Waals surface area (Å²) in [5.41, 5.74) is 4.38. The molecule has 0 radical (unpaired) electrons. The first kappa shape index (κ1) is 22.5. The van der Waals surface area contributed by atoms with Crippen LogP contribution in [0.15, 0.2) is 82.8 Å². The summed E-state index contributed by atoms with van der Waals surface area (Å²) in [6.07, 6.45) is 4.00. The first-order valence-corrected chi connectivity index (χ1v) is 11.9. The molecule has 9 nitrogen and oxygen atoms in total. The van der Waals surface area contributed by atoms with E-state index in [2.05, 4.69) is 10.1 Å². The normalized spacial score (nSPS) is 11.7. The Bertz CT molecular complexity index is 1840. The first-order chi connectivity index (χ1) is 18.1. The van der Waals surface area contributed by atoms with Crippen LogP contribution in [0.3, 0.4) is 0 Å². The van der Waals surface area contributed by atoms with Gasteiger partial charge in [-0.3, -0.25) is 14.3 Å². The van der Waals surface area contributed by atoms with Gasteiger partial charge in [0.25, 0.3) is 5.56 Å². The summed E-state index contributed by atoms with van der Waals surface area (Å²) < 4.78 is 8.52. The minimum absolute atomic E-state index is 0.169. The van der Waals surface area contributed by atoms with Crippen molar-refractivity contribution in [1.29, 1.82) is 0 Å². The molecule has 0 bridgehead atoms. The van der Waals surface area contributed by atoms with E-state index in [4.69, 9.17) is 19.7 Å². The van der Waals surface area contributed by atoms with Crippen molar-refractivity contribution in [2.24, 2.45) is 5.10 Å². The van der Waals surface area contributed by atoms with Gasteiger partial charge in [0.2, 0.25) is 0 Å². The lowest BCUT2D eigenvalue weighted by Gasteiger charge is -2.10. The second kappa shape index (κ2) is 9.27. The number of aryl methyl sites for hydroxylation is 2. The predicted octanol–water partition coefficient (Wildman–Crippen LogP) is 4.13. The SMILES string of the molecule is COc1ccc(CCn2c(C)nc3c(c2=O)c2nc4ccccc4nc2n3/N=C/c2ccccn2)cc1.